The van der Waals surface area contributed by atoms with Crippen molar-refractivity contribution in [3.8, 4) is 0 Å². The van der Waals surface area contributed by atoms with Crippen molar-refractivity contribution >= 4 is 8.41 Å². The van der Waals surface area contributed by atoms with Crippen molar-refractivity contribution in [3.63, 3.8) is 0 Å². The Bertz CT molecular complexity index is 44.9. The Kier molecular flexibility index (Phi) is 1.82. The normalized spacial score (nSPS) is 14.2. The van der Waals surface area contributed by atoms with Crippen LogP contribution in [0.3, 0.4) is 0 Å². The highest BCUT2D eigenvalue weighted by atomic mass is 31.1. The summed E-state index contributed by atoms with van der Waals surface area (Å²) in [6, 6.07) is 0. The van der Waals surface area contributed by atoms with E-state index < -0.39 is 8.41 Å². The second-order valence-electron chi connectivity index (χ2n) is 0.445. The lowest BCUT2D eigenvalue weighted by Gasteiger charge is -1.37. The summed E-state index contributed by atoms with van der Waals surface area (Å²) in [5.41, 5.74) is 0. The molecule has 0 N–H and O–H groups in total. The summed E-state index contributed by atoms with van der Waals surface area (Å²) in [6.07, 6.45) is 0.481. The zero-order valence-electron chi connectivity index (χ0n) is 3.56. The van der Waals surface area contributed by atoms with Crippen LogP contribution in [0.1, 0.15) is 6.92 Å². The molecule has 0 aliphatic heterocycles. The molecule has 0 rings (SSSR count). The van der Waals surface area contributed by atoms with Gasteiger partial charge in [-0.2, -0.15) is 0 Å². The van der Waals surface area contributed by atoms with Crippen molar-refractivity contribution in [2.75, 3.05) is 6.16 Å². The molecule has 4 heavy (non-hydrogen) atoms. The Morgan fingerprint density at radius 1 is 2.50 bits per heavy atom. The van der Waals surface area contributed by atoms with Gasteiger partial charge in [-0.1, -0.05) is 4.57 Å². The first kappa shape index (κ1) is 2.34. The Labute approximate surface area is 28.5 Å². The number of rotatable bonds is 1. The van der Waals surface area contributed by atoms with Gasteiger partial charge >= 0.3 is 9.68 Å². The zero-order chi connectivity index (χ0) is 4.28. The second-order valence-corrected chi connectivity index (χ2v) is 1.34. The van der Waals surface area contributed by atoms with Crippen LogP contribution in [-0.4, -0.2) is 7.44 Å². The summed E-state index contributed by atoms with van der Waals surface area (Å²) in [5.74, 6) is 0. The summed E-state index contributed by atoms with van der Waals surface area (Å²) in [7, 11) is -1.60. The van der Waals surface area contributed by atoms with E-state index in [0.29, 0.717) is 6.16 Å². The van der Waals surface area contributed by atoms with Crippen LogP contribution in [0.25, 0.3) is 0 Å². The SMILES string of the molecule is [3H][P+](=O)CC. The molecule has 1 unspecified atom stereocenters. The molecule has 1 nitrogen and oxygen atoms in total. The first-order valence-corrected chi connectivity index (χ1v) is 2.20. The fourth-order valence-electron chi connectivity index (χ4n) is 0. The average molecular weight is 79.1 g/mol. The van der Waals surface area contributed by atoms with Crippen LogP contribution in [0.2, 0.25) is 0 Å². The van der Waals surface area contributed by atoms with Gasteiger partial charge < -0.3 is 0 Å². The standard InChI is InChI=1S/C2H5OP/c1-2-4-3/h2H2,1H3/p+1/i/hT. The average Bonchev–Trinajstić information content (AvgIpc) is 1.38. The minimum atomic E-state index is -1.60. The minimum absolute atomic E-state index is 0.481. The van der Waals surface area contributed by atoms with E-state index in [9.17, 15) is 4.57 Å². The van der Waals surface area contributed by atoms with Gasteiger partial charge in [0.25, 0.3) is 0 Å². The van der Waals surface area contributed by atoms with E-state index in [4.69, 9.17) is 1.28 Å². The maximum atomic E-state index is 9.63. The van der Waals surface area contributed by atoms with Crippen LogP contribution < -0.4 is 0 Å². The van der Waals surface area contributed by atoms with Crippen LogP contribution in [-0.2, 0) is 4.57 Å². The molecule has 0 saturated heterocycles. The molecule has 0 aromatic heterocycles. The van der Waals surface area contributed by atoms with E-state index in [1.807, 2.05) is 0 Å². The maximum Gasteiger partial charge on any atom is 0.388 e. The third-order valence-corrected chi connectivity index (χ3v) is 0.387. The van der Waals surface area contributed by atoms with Gasteiger partial charge in [-0.05, 0) is 6.92 Å². The molecule has 0 aromatic carbocycles. The molecule has 1 atom stereocenters. The molecule has 0 radical (unpaired) electrons. The maximum absolute atomic E-state index is 9.63. The molecule has 0 saturated carbocycles. The molecule has 0 bridgehead atoms. The molecule has 0 aliphatic carbocycles. The van der Waals surface area contributed by atoms with Gasteiger partial charge in [-0.25, -0.2) is 0 Å². The third kappa shape index (κ3) is 2.10. The van der Waals surface area contributed by atoms with E-state index in [-0.39, 0.29) is 0 Å². The molecule has 0 amide bonds. The van der Waals surface area contributed by atoms with Gasteiger partial charge in [-0.15, -0.1) is 0 Å². The summed E-state index contributed by atoms with van der Waals surface area (Å²) in [6.45, 7) is 1.73. The van der Waals surface area contributed by atoms with Crippen LogP contribution in [0, 0.1) is 0 Å². The quantitative estimate of drug-likeness (QED) is 0.429. The largest absolute Gasteiger partial charge is 0.388 e. The summed E-state index contributed by atoms with van der Waals surface area (Å²) >= 11 is 0. The predicted octanol–water partition coefficient (Wildman–Crippen LogP) is 1.03. The molecular formula is C2H6OP+. The van der Waals surface area contributed by atoms with Gasteiger partial charge in [-0.3, -0.25) is 0 Å². The lowest BCUT2D eigenvalue weighted by atomic mass is 11.0. The highest BCUT2D eigenvalue weighted by Crippen LogP contribution is 1.82. The molecule has 0 heterocycles. The molecule has 0 spiro atoms. The lowest BCUT2D eigenvalue weighted by Crippen LogP contribution is -1.39. The molecule has 0 aliphatic rings. The monoisotopic (exact) mass is 79.0 g/mol. The van der Waals surface area contributed by atoms with Crippen molar-refractivity contribution in [2.45, 2.75) is 6.92 Å². The van der Waals surface area contributed by atoms with E-state index in [1.165, 1.54) is 0 Å². The van der Waals surface area contributed by atoms with Crippen LogP contribution in [0.5, 0.6) is 0 Å². The summed E-state index contributed by atoms with van der Waals surface area (Å²) in [5, 5.41) is 0. The minimum Gasteiger partial charge on any atom is -0.0775 e. The Morgan fingerprint density at radius 2 is 2.75 bits per heavy atom. The van der Waals surface area contributed by atoms with Crippen molar-refractivity contribution in [1.82, 2.24) is 0 Å². The molecule has 0 fully saturated rings. The molecule has 24 valence electrons. The van der Waals surface area contributed by atoms with Gasteiger partial charge in [0.2, 0.25) is 0 Å². The van der Waals surface area contributed by atoms with Crippen molar-refractivity contribution in [3.05, 3.63) is 0 Å². The van der Waals surface area contributed by atoms with E-state index >= 15 is 0 Å². The smallest absolute Gasteiger partial charge is 0.0775 e. The van der Waals surface area contributed by atoms with Crippen LogP contribution in [0.4, 0.5) is 0 Å². The van der Waals surface area contributed by atoms with Gasteiger partial charge in [0.15, 0.2) is 0 Å². The lowest BCUT2D eigenvalue weighted by molar-refractivity contribution is 0.599. The molecule has 2 heteroatoms. The summed E-state index contributed by atoms with van der Waals surface area (Å²) in [4.78, 5) is 0. The van der Waals surface area contributed by atoms with Gasteiger partial charge in [0.1, 0.15) is 6.16 Å². The van der Waals surface area contributed by atoms with Crippen molar-refractivity contribution in [2.24, 2.45) is 0 Å². The Balaban J connectivity index is 2.85. The topological polar surface area (TPSA) is 17.1 Å². The van der Waals surface area contributed by atoms with Crippen LogP contribution in [0.15, 0.2) is 0 Å². The third-order valence-electron chi connectivity index (χ3n) is 0.129. The first-order chi connectivity index (χ1) is 2.27. The van der Waals surface area contributed by atoms with E-state index in [1.54, 1.807) is 6.92 Å². The zero-order valence-corrected chi connectivity index (χ0v) is 3.46. The van der Waals surface area contributed by atoms with Crippen molar-refractivity contribution < 1.29 is 4.57 Å². The second kappa shape index (κ2) is 3.10. The highest BCUT2D eigenvalue weighted by Gasteiger charge is 1.67. The molecular weight excluding hydrogens is 71.0 g/mol. The predicted molar refractivity (Wildman–Crippen MR) is 19.5 cm³/mol. The highest BCUT2D eigenvalue weighted by molar-refractivity contribution is 7.23. The number of hydrogen-bond acceptors (Lipinski definition) is 1. The van der Waals surface area contributed by atoms with E-state index in [2.05, 4.69) is 0 Å². The van der Waals surface area contributed by atoms with Gasteiger partial charge in [0.05, 0.1) is 0 Å². The Hall–Kier alpha value is 0.100. The first-order valence-electron chi connectivity index (χ1n) is 1.65. The fourth-order valence-corrected chi connectivity index (χ4v) is 0. The number of hydrogen-bond donors (Lipinski definition) is 0. The van der Waals surface area contributed by atoms with Crippen molar-refractivity contribution in [1.29, 1.82) is 1.28 Å². The van der Waals surface area contributed by atoms with Crippen LogP contribution >= 0.6 is 8.41 Å². The molecule has 0 aromatic rings. The Morgan fingerprint density at radius 3 is 2.75 bits per heavy atom. The van der Waals surface area contributed by atoms with Gasteiger partial charge in [0, 0.05) is 0 Å². The fraction of sp³-hybridized carbons (Fsp3) is 1.00. The van der Waals surface area contributed by atoms with E-state index in [0.717, 1.165) is 0 Å². The summed E-state index contributed by atoms with van der Waals surface area (Å²) < 4.78 is 16.0.